The summed E-state index contributed by atoms with van der Waals surface area (Å²) in [6, 6.07) is -0.112. The highest BCUT2D eigenvalue weighted by molar-refractivity contribution is 7.86. The molecule has 0 bridgehead atoms. The van der Waals surface area contributed by atoms with Crippen molar-refractivity contribution in [3.8, 4) is 0 Å². The summed E-state index contributed by atoms with van der Waals surface area (Å²) in [5, 5.41) is 0. The summed E-state index contributed by atoms with van der Waals surface area (Å²) in [5.41, 5.74) is 0.973. The van der Waals surface area contributed by atoms with Crippen LogP contribution in [0, 0.1) is 0 Å². The molecule has 15 heavy (non-hydrogen) atoms. The fourth-order valence-corrected chi connectivity index (χ4v) is 3.36. The van der Waals surface area contributed by atoms with Crippen LogP contribution in [0.5, 0.6) is 0 Å². The van der Waals surface area contributed by atoms with E-state index in [0.29, 0.717) is 25.4 Å². The van der Waals surface area contributed by atoms with Crippen LogP contribution in [0.4, 0.5) is 0 Å². The molecule has 0 saturated heterocycles. The summed E-state index contributed by atoms with van der Waals surface area (Å²) in [6.07, 6.45) is 0.554. The van der Waals surface area contributed by atoms with Crippen LogP contribution in [0.2, 0.25) is 0 Å². The first-order chi connectivity index (χ1) is 6.99. The molecule has 0 aromatic rings. The zero-order valence-corrected chi connectivity index (χ0v) is 9.71. The number of ether oxygens (including phenoxy) is 1. The first-order valence-corrected chi connectivity index (χ1v) is 6.45. The van der Waals surface area contributed by atoms with Crippen LogP contribution < -0.4 is 0 Å². The molecule has 2 aliphatic rings. The number of nitrogens with zero attached hydrogens (tertiary/aromatic N) is 1. The smallest absolute Gasteiger partial charge is 0.310 e. The monoisotopic (exact) mass is 233 g/mol. The second-order valence-corrected chi connectivity index (χ2v) is 5.65. The van der Waals surface area contributed by atoms with Gasteiger partial charge in [-0.3, -0.25) is 0 Å². The van der Waals surface area contributed by atoms with Crippen molar-refractivity contribution < 1.29 is 17.3 Å². The van der Waals surface area contributed by atoms with E-state index in [2.05, 4.69) is 0 Å². The van der Waals surface area contributed by atoms with Crippen LogP contribution >= 0.6 is 0 Å². The number of rotatable bonds is 1. The second-order valence-electron chi connectivity index (χ2n) is 4.04. The first-order valence-electron chi connectivity index (χ1n) is 4.88. The van der Waals surface area contributed by atoms with Crippen LogP contribution in [0.25, 0.3) is 0 Å². The average Bonchev–Trinajstić information content (AvgIpc) is 2.14. The molecule has 5 nitrogen and oxygen atoms in total. The van der Waals surface area contributed by atoms with Gasteiger partial charge in [-0.25, -0.2) is 0 Å². The molecule has 0 N–H and O–H groups in total. The summed E-state index contributed by atoms with van der Waals surface area (Å²) in [6.45, 7) is 1.02. The van der Waals surface area contributed by atoms with Gasteiger partial charge < -0.3 is 13.8 Å². The predicted octanol–water partition coefficient (Wildman–Crippen LogP) is -0.0490. The van der Waals surface area contributed by atoms with Gasteiger partial charge in [0.2, 0.25) is 0 Å². The van der Waals surface area contributed by atoms with Crippen molar-refractivity contribution >= 4 is 10.1 Å². The Balaban J connectivity index is 2.38. The van der Waals surface area contributed by atoms with Crippen molar-refractivity contribution in [3.63, 3.8) is 0 Å². The highest BCUT2D eigenvalue weighted by Crippen LogP contribution is 2.29. The molecule has 0 fully saturated rings. The molecule has 0 unspecified atom stereocenters. The maximum absolute atomic E-state index is 11.5. The Morgan fingerprint density at radius 3 is 2.80 bits per heavy atom. The third kappa shape index (κ3) is 2.16. The minimum absolute atomic E-state index is 0.0161. The van der Waals surface area contributed by atoms with Gasteiger partial charge in [-0.05, 0) is 14.1 Å². The maximum atomic E-state index is 11.5. The number of hydrogen-bond donors (Lipinski definition) is 0. The van der Waals surface area contributed by atoms with E-state index in [1.165, 1.54) is 0 Å². The van der Waals surface area contributed by atoms with E-state index >= 15 is 0 Å². The molecule has 0 aromatic heterocycles. The third-order valence-electron chi connectivity index (χ3n) is 2.70. The fraction of sp³-hybridized carbons (Fsp3) is 0.778. The lowest BCUT2D eigenvalue weighted by Gasteiger charge is -2.34. The quantitative estimate of drug-likeness (QED) is 0.594. The SMILES string of the molecule is CN(C)[C@H]1CS(=O)(=O)OC2=C1COCC2. The van der Waals surface area contributed by atoms with Crippen molar-refractivity contribution in [2.75, 3.05) is 33.1 Å². The number of likely N-dealkylation sites (N-methyl/N-ethyl adjacent to an activating group) is 1. The van der Waals surface area contributed by atoms with Gasteiger partial charge in [0.25, 0.3) is 0 Å². The minimum Gasteiger partial charge on any atom is -0.387 e. The molecule has 0 aromatic carbocycles. The van der Waals surface area contributed by atoms with Crippen molar-refractivity contribution in [1.29, 1.82) is 0 Å². The van der Waals surface area contributed by atoms with Gasteiger partial charge in [0.05, 0.1) is 19.3 Å². The molecular weight excluding hydrogens is 218 g/mol. The summed E-state index contributed by atoms with van der Waals surface area (Å²) >= 11 is 0. The van der Waals surface area contributed by atoms with Crippen molar-refractivity contribution in [1.82, 2.24) is 4.90 Å². The van der Waals surface area contributed by atoms with Crippen LogP contribution in [0.15, 0.2) is 11.3 Å². The molecule has 0 aliphatic carbocycles. The van der Waals surface area contributed by atoms with E-state index in [4.69, 9.17) is 8.92 Å². The van der Waals surface area contributed by atoms with E-state index in [1.54, 1.807) is 0 Å². The molecule has 0 spiro atoms. The topological polar surface area (TPSA) is 55.8 Å². The van der Waals surface area contributed by atoms with E-state index < -0.39 is 10.1 Å². The van der Waals surface area contributed by atoms with Gasteiger partial charge in [0, 0.05) is 12.0 Å². The van der Waals surface area contributed by atoms with Crippen molar-refractivity contribution in [2.24, 2.45) is 0 Å². The zero-order chi connectivity index (χ0) is 11.1. The Kier molecular flexibility index (Phi) is 2.74. The lowest BCUT2D eigenvalue weighted by molar-refractivity contribution is 0.113. The standard InChI is InChI=1S/C9H15NO4S/c1-10(2)8-6-15(11,12)14-9-3-4-13-5-7(8)9/h8H,3-6H2,1-2H3/t8-/m0/s1. The molecule has 0 saturated carbocycles. The molecule has 2 aliphatic heterocycles. The van der Waals surface area contributed by atoms with Crippen molar-refractivity contribution in [3.05, 3.63) is 11.3 Å². The highest BCUT2D eigenvalue weighted by atomic mass is 32.2. The Morgan fingerprint density at radius 2 is 2.13 bits per heavy atom. The molecular formula is C9H15NO4S. The van der Waals surface area contributed by atoms with Crippen LogP contribution in [0.1, 0.15) is 6.42 Å². The molecule has 6 heteroatoms. The zero-order valence-electron chi connectivity index (χ0n) is 8.89. The molecule has 2 heterocycles. The molecule has 1 atom stereocenters. The summed E-state index contributed by atoms with van der Waals surface area (Å²) in [4.78, 5) is 1.89. The third-order valence-corrected chi connectivity index (χ3v) is 3.88. The fourth-order valence-electron chi connectivity index (χ4n) is 1.91. The van der Waals surface area contributed by atoms with Crippen LogP contribution in [-0.4, -0.2) is 52.4 Å². The highest BCUT2D eigenvalue weighted by Gasteiger charge is 2.35. The van der Waals surface area contributed by atoms with Gasteiger partial charge in [-0.1, -0.05) is 0 Å². The lowest BCUT2D eigenvalue weighted by Crippen LogP contribution is -2.43. The predicted molar refractivity (Wildman–Crippen MR) is 54.8 cm³/mol. The molecule has 0 radical (unpaired) electrons. The Morgan fingerprint density at radius 1 is 1.40 bits per heavy atom. The summed E-state index contributed by atoms with van der Waals surface area (Å²) in [5.74, 6) is 0.605. The summed E-state index contributed by atoms with van der Waals surface area (Å²) in [7, 11) is 0.329. The molecule has 0 amide bonds. The van der Waals surface area contributed by atoms with Gasteiger partial charge in [0.1, 0.15) is 11.5 Å². The van der Waals surface area contributed by atoms with Crippen LogP contribution in [-0.2, 0) is 19.0 Å². The van der Waals surface area contributed by atoms with E-state index in [1.807, 2.05) is 19.0 Å². The van der Waals surface area contributed by atoms with E-state index in [0.717, 1.165) is 5.57 Å². The van der Waals surface area contributed by atoms with Crippen molar-refractivity contribution in [2.45, 2.75) is 12.5 Å². The Labute approximate surface area is 89.8 Å². The summed E-state index contributed by atoms with van der Waals surface area (Å²) < 4.78 is 33.3. The number of hydrogen-bond acceptors (Lipinski definition) is 5. The van der Waals surface area contributed by atoms with Gasteiger partial charge >= 0.3 is 10.1 Å². The Bertz CT molecular complexity index is 385. The van der Waals surface area contributed by atoms with Gasteiger partial charge in [-0.2, -0.15) is 8.42 Å². The normalized spacial score (nSPS) is 29.9. The van der Waals surface area contributed by atoms with Gasteiger partial charge in [0.15, 0.2) is 0 Å². The van der Waals surface area contributed by atoms with Gasteiger partial charge in [-0.15, -0.1) is 0 Å². The van der Waals surface area contributed by atoms with Crippen LogP contribution in [0.3, 0.4) is 0 Å². The lowest BCUT2D eigenvalue weighted by atomic mass is 10.0. The minimum atomic E-state index is -3.40. The van der Waals surface area contributed by atoms with E-state index in [-0.39, 0.29) is 11.8 Å². The largest absolute Gasteiger partial charge is 0.387 e. The maximum Gasteiger partial charge on any atom is 0.310 e. The second kappa shape index (κ2) is 3.77. The Hall–Kier alpha value is -0.590. The average molecular weight is 233 g/mol. The first kappa shape index (κ1) is 10.9. The van der Waals surface area contributed by atoms with E-state index in [9.17, 15) is 8.42 Å². The molecule has 2 rings (SSSR count). The molecule has 86 valence electrons.